The molecular formula is C22H21N3O3. The second-order valence-corrected chi connectivity index (χ2v) is 6.97. The van der Waals surface area contributed by atoms with E-state index in [2.05, 4.69) is 5.10 Å². The molecule has 0 bridgehead atoms. The van der Waals surface area contributed by atoms with Crippen LogP contribution in [-0.2, 0) is 20.9 Å². The first-order valence-corrected chi connectivity index (χ1v) is 9.23. The van der Waals surface area contributed by atoms with Crippen molar-refractivity contribution in [3.63, 3.8) is 0 Å². The molecule has 2 heterocycles. The lowest BCUT2D eigenvalue weighted by Gasteiger charge is -2.16. The van der Waals surface area contributed by atoms with Gasteiger partial charge in [-0.05, 0) is 42.8 Å². The predicted molar refractivity (Wildman–Crippen MR) is 105 cm³/mol. The Bertz CT molecular complexity index is 963. The van der Waals surface area contributed by atoms with E-state index in [-0.39, 0.29) is 24.9 Å². The molecule has 0 radical (unpaired) electrons. The number of esters is 1. The maximum Gasteiger partial charge on any atom is 0.311 e. The average molecular weight is 375 g/mol. The normalized spacial score (nSPS) is 16.4. The summed E-state index contributed by atoms with van der Waals surface area (Å²) in [7, 11) is 0. The van der Waals surface area contributed by atoms with Gasteiger partial charge in [0.2, 0.25) is 5.91 Å². The molecule has 4 rings (SSSR count). The molecule has 1 aliphatic rings. The van der Waals surface area contributed by atoms with E-state index in [1.165, 1.54) is 0 Å². The third-order valence-electron chi connectivity index (χ3n) is 4.89. The Hall–Kier alpha value is -3.41. The zero-order chi connectivity index (χ0) is 19.5. The van der Waals surface area contributed by atoms with Gasteiger partial charge in [-0.25, -0.2) is 4.68 Å². The number of rotatable bonds is 5. The number of aromatic nitrogens is 2. The third kappa shape index (κ3) is 3.81. The highest BCUT2D eigenvalue weighted by molar-refractivity contribution is 5.99. The van der Waals surface area contributed by atoms with Crippen LogP contribution < -0.4 is 4.90 Å². The highest BCUT2D eigenvalue weighted by atomic mass is 16.5. The van der Waals surface area contributed by atoms with E-state index >= 15 is 0 Å². The minimum atomic E-state index is -0.433. The second kappa shape index (κ2) is 7.68. The summed E-state index contributed by atoms with van der Waals surface area (Å²) in [5.41, 5.74) is 3.78. The molecule has 1 saturated heterocycles. The predicted octanol–water partition coefficient (Wildman–Crippen LogP) is 3.28. The first kappa shape index (κ1) is 18.0. The van der Waals surface area contributed by atoms with Crippen molar-refractivity contribution in [1.29, 1.82) is 0 Å². The van der Waals surface area contributed by atoms with E-state index in [0.717, 1.165) is 22.5 Å². The molecule has 1 fully saturated rings. The van der Waals surface area contributed by atoms with E-state index in [1.54, 1.807) is 15.8 Å². The summed E-state index contributed by atoms with van der Waals surface area (Å²) in [5, 5.41) is 4.18. The number of anilines is 1. The standard InChI is InChI=1S/C22H21N3O3/c1-16-3-7-19(8-4-16)24-14-18(13-21(24)26)22(27)28-15-17-5-9-20(10-6-17)25-12-2-11-23-25/h2-12,18H,13-15H2,1H3. The van der Waals surface area contributed by atoms with Crippen molar-refractivity contribution in [3.8, 4) is 5.69 Å². The number of carbonyl (C=O) groups excluding carboxylic acids is 2. The summed E-state index contributed by atoms with van der Waals surface area (Å²) >= 11 is 0. The average Bonchev–Trinajstić information content (AvgIpc) is 3.37. The highest BCUT2D eigenvalue weighted by Crippen LogP contribution is 2.26. The largest absolute Gasteiger partial charge is 0.461 e. The molecule has 0 N–H and O–H groups in total. The number of amides is 1. The number of hydrogen-bond acceptors (Lipinski definition) is 4. The maximum absolute atomic E-state index is 12.4. The van der Waals surface area contributed by atoms with Gasteiger partial charge in [-0.2, -0.15) is 5.10 Å². The summed E-state index contributed by atoms with van der Waals surface area (Å²) in [4.78, 5) is 26.4. The summed E-state index contributed by atoms with van der Waals surface area (Å²) in [6.45, 7) is 2.55. The topological polar surface area (TPSA) is 64.4 Å². The van der Waals surface area contributed by atoms with Gasteiger partial charge in [-0.1, -0.05) is 29.8 Å². The molecule has 142 valence electrons. The molecule has 2 aromatic carbocycles. The van der Waals surface area contributed by atoms with Gasteiger partial charge < -0.3 is 9.64 Å². The molecule has 1 unspecified atom stereocenters. The van der Waals surface area contributed by atoms with Crippen LogP contribution in [0.1, 0.15) is 17.5 Å². The lowest BCUT2D eigenvalue weighted by atomic mass is 10.1. The van der Waals surface area contributed by atoms with Crippen molar-refractivity contribution < 1.29 is 14.3 Å². The Morgan fingerprint density at radius 3 is 2.50 bits per heavy atom. The zero-order valence-corrected chi connectivity index (χ0v) is 15.6. The molecule has 3 aromatic rings. The molecule has 1 aromatic heterocycles. The summed E-state index contributed by atoms with van der Waals surface area (Å²) in [6, 6.07) is 17.2. The molecule has 1 amide bonds. The number of hydrogen-bond donors (Lipinski definition) is 0. The van der Waals surface area contributed by atoms with Gasteiger partial charge in [0, 0.05) is 31.0 Å². The minimum Gasteiger partial charge on any atom is -0.461 e. The molecular weight excluding hydrogens is 354 g/mol. The molecule has 0 saturated carbocycles. The molecule has 1 aliphatic heterocycles. The van der Waals surface area contributed by atoms with Crippen molar-refractivity contribution in [2.75, 3.05) is 11.4 Å². The van der Waals surface area contributed by atoms with Crippen LogP contribution >= 0.6 is 0 Å². The fourth-order valence-electron chi connectivity index (χ4n) is 3.28. The molecule has 0 spiro atoms. The van der Waals surface area contributed by atoms with Crippen molar-refractivity contribution in [1.82, 2.24) is 9.78 Å². The molecule has 28 heavy (non-hydrogen) atoms. The second-order valence-electron chi connectivity index (χ2n) is 6.97. The van der Waals surface area contributed by atoms with Crippen LogP contribution in [0.25, 0.3) is 5.69 Å². The van der Waals surface area contributed by atoms with Gasteiger partial charge in [0.1, 0.15) is 6.61 Å². The number of benzene rings is 2. The van der Waals surface area contributed by atoms with Gasteiger partial charge in [0.05, 0.1) is 11.6 Å². The van der Waals surface area contributed by atoms with Crippen LogP contribution in [0.3, 0.4) is 0 Å². The molecule has 6 nitrogen and oxygen atoms in total. The Kier molecular flexibility index (Phi) is 4.93. The monoisotopic (exact) mass is 375 g/mol. The number of ether oxygens (including phenoxy) is 1. The van der Waals surface area contributed by atoms with E-state index in [1.807, 2.05) is 67.7 Å². The highest BCUT2D eigenvalue weighted by Gasteiger charge is 2.36. The van der Waals surface area contributed by atoms with E-state index in [0.29, 0.717) is 6.54 Å². The summed E-state index contributed by atoms with van der Waals surface area (Å²) < 4.78 is 7.22. The SMILES string of the molecule is Cc1ccc(N2CC(C(=O)OCc3ccc(-n4cccn4)cc3)CC2=O)cc1. The van der Waals surface area contributed by atoms with Crippen LogP contribution in [0.5, 0.6) is 0 Å². The third-order valence-corrected chi connectivity index (χ3v) is 4.89. The van der Waals surface area contributed by atoms with Gasteiger partial charge in [-0.3, -0.25) is 9.59 Å². The van der Waals surface area contributed by atoms with Crippen molar-refractivity contribution in [2.45, 2.75) is 20.0 Å². The Labute approximate surface area is 163 Å². The molecule has 1 atom stereocenters. The number of nitrogens with zero attached hydrogens (tertiary/aromatic N) is 3. The van der Waals surface area contributed by atoms with Gasteiger partial charge >= 0.3 is 5.97 Å². The number of carbonyl (C=O) groups is 2. The molecule has 0 aliphatic carbocycles. The van der Waals surface area contributed by atoms with Crippen molar-refractivity contribution in [2.24, 2.45) is 5.92 Å². The Morgan fingerprint density at radius 1 is 1.11 bits per heavy atom. The van der Waals surface area contributed by atoms with Gasteiger partial charge in [-0.15, -0.1) is 0 Å². The minimum absolute atomic E-state index is 0.0469. The number of aryl methyl sites for hydroxylation is 1. The van der Waals surface area contributed by atoms with E-state index in [4.69, 9.17) is 4.74 Å². The smallest absolute Gasteiger partial charge is 0.311 e. The van der Waals surface area contributed by atoms with Crippen LogP contribution in [0.15, 0.2) is 67.0 Å². The quantitative estimate of drug-likeness (QED) is 0.642. The van der Waals surface area contributed by atoms with E-state index < -0.39 is 5.92 Å². The fourth-order valence-corrected chi connectivity index (χ4v) is 3.28. The van der Waals surface area contributed by atoms with Crippen LogP contribution in [-0.4, -0.2) is 28.2 Å². The lowest BCUT2D eigenvalue weighted by molar-refractivity contribution is -0.149. The van der Waals surface area contributed by atoms with Crippen LogP contribution in [0.2, 0.25) is 0 Å². The lowest BCUT2D eigenvalue weighted by Crippen LogP contribution is -2.26. The Morgan fingerprint density at radius 2 is 1.82 bits per heavy atom. The first-order valence-electron chi connectivity index (χ1n) is 9.23. The van der Waals surface area contributed by atoms with Crippen molar-refractivity contribution in [3.05, 3.63) is 78.1 Å². The molecule has 6 heteroatoms. The summed E-state index contributed by atoms with van der Waals surface area (Å²) in [5.74, 6) is -0.814. The zero-order valence-electron chi connectivity index (χ0n) is 15.6. The Balaban J connectivity index is 1.34. The van der Waals surface area contributed by atoms with Crippen LogP contribution in [0, 0.1) is 12.8 Å². The van der Waals surface area contributed by atoms with Crippen LogP contribution in [0.4, 0.5) is 5.69 Å². The first-order chi connectivity index (χ1) is 13.6. The fraction of sp³-hybridized carbons (Fsp3) is 0.227. The van der Waals surface area contributed by atoms with Gasteiger partial charge in [0.25, 0.3) is 0 Å². The van der Waals surface area contributed by atoms with Crippen molar-refractivity contribution >= 4 is 17.6 Å². The van der Waals surface area contributed by atoms with E-state index in [9.17, 15) is 9.59 Å². The maximum atomic E-state index is 12.4. The van der Waals surface area contributed by atoms with Gasteiger partial charge in [0.15, 0.2) is 0 Å². The summed E-state index contributed by atoms with van der Waals surface area (Å²) in [6.07, 6.45) is 3.77.